The van der Waals surface area contributed by atoms with Crippen LogP contribution >= 0.6 is 0 Å². The number of benzene rings is 10. The zero-order valence-electron chi connectivity index (χ0n) is 114. The van der Waals surface area contributed by atoms with Crippen molar-refractivity contribution in [3.8, 4) is 57.5 Å². The second-order valence-corrected chi connectivity index (χ2v) is 35.0. The molecule has 20 heterocycles. The molecule has 15 aromatic rings. The first kappa shape index (κ1) is 56.3. The molecule has 0 saturated carbocycles. The van der Waals surface area contributed by atoms with Gasteiger partial charge in [0.15, 0.2) is 57.5 Å². The number of ether oxygens (including phenoxy) is 10. The Labute approximate surface area is 880 Å². The van der Waals surface area contributed by atoms with Gasteiger partial charge in [-0.2, -0.15) is 0 Å². The van der Waals surface area contributed by atoms with E-state index in [0.29, 0.717) is 63.8 Å². The van der Waals surface area contributed by atoms with Gasteiger partial charge in [-0.1, -0.05) is 121 Å². The number of nitrogens with one attached hydrogen (secondary N) is 5. The minimum Gasteiger partial charge on any atom is -0.454 e. The van der Waals surface area contributed by atoms with Gasteiger partial charge in [0.25, 0.3) is 0 Å². The number of likely N-dealkylation sites (N-methyl/N-ethyl adjacent to an activating group) is 5. The summed E-state index contributed by atoms with van der Waals surface area (Å²) in [4.78, 5) is 158. The number of carbonyl (C=O) groups excluding carboxylic acids is 10. The van der Waals surface area contributed by atoms with E-state index in [4.69, 9.17) is 92.6 Å². The molecule has 145 heavy (non-hydrogen) atoms. The predicted molar refractivity (Wildman–Crippen MR) is 523 cm³/mol. The predicted octanol–water partition coefficient (Wildman–Crippen LogP) is 11.1. The monoisotopic (exact) mass is 1980 g/mol. The number of H-pyrrole nitrogens is 5. The topological polar surface area (TPSA) is 374 Å². The fourth-order valence-corrected chi connectivity index (χ4v) is 20.6. The maximum atomic E-state index is 13.7. The SMILES string of the molecule is [2H]C1([2H])Oc2ccc([C@]3([2H])c4[nH]c5ccccc5c4C[C@@H]4C(=O)N(C)C([2H])([2H])C(=O)N43)cc2O1.[2H]c1c([2H])c([2H])c2c3c([nH]c2c1[2H])[C@@]([2H])(c1ccc2c(c1)OC([2H])([2H])O2)N1C(=O)C([2H])([2H])N(C)C(=O)[C@H]1C3.[2H]c1c([2H])c([C@]2([2H])c3[nH]c4c([2H])c([2H])c([2H])c([2H])c4c3C[C@@H]3C(=O)N(C)C([2H])([2H])C(=O)N32)c([2H])c2c1OCO2.[2H]c1c([2H])c([C@]2([2H])c3[nH]c4ccccc4c3C[C@@H]3C(=O)N(C)C([2H])([2H])C(=O)N32)c([2H])c2c1OC([2H])([2H])O2.[2H]c1c([2H])c([C@]2([2H])c3[nH]c4ccccc4c3C[C@@H]3C(=O)N(C)C([2H])([2H])C(=O)N32)c([2H])c2c1OCO2. The van der Waals surface area contributed by atoms with E-state index in [0.717, 1.165) is 61.4 Å². The molecule has 0 unspecified atom stereocenters. The maximum absolute atomic E-state index is 13.7. The van der Waals surface area contributed by atoms with Crippen LogP contribution in [-0.2, 0) is 80.0 Å². The summed E-state index contributed by atoms with van der Waals surface area (Å²) < 4.78 is 374. The van der Waals surface area contributed by atoms with Gasteiger partial charge in [0.2, 0.25) is 92.9 Å². The van der Waals surface area contributed by atoms with Gasteiger partial charge >= 0.3 is 0 Å². The highest BCUT2D eigenvalue weighted by molar-refractivity contribution is 6.03. The van der Waals surface area contributed by atoms with E-state index in [-0.39, 0.29) is 170 Å². The Bertz CT molecular complexity index is 10400. The van der Waals surface area contributed by atoms with Crippen molar-refractivity contribution in [3.05, 3.63) is 296 Å². The van der Waals surface area contributed by atoms with E-state index in [2.05, 4.69) is 24.9 Å². The lowest BCUT2D eigenvalue weighted by Gasteiger charge is -2.46. The molecule has 730 valence electrons. The molecule has 30 rings (SSSR count). The average Bonchev–Trinajstić information content (AvgIpc) is 1.57. The lowest BCUT2D eigenvalue weighted by molar-refractivity contribution is -0.157. The highest BCUT2D eigenvalue weighted by Gasteiger charge is 2.55. The molecule has 10 aromatic carbocycles. The van der Waals surface area contributed by atoms with Gasteiger partial charge in [-0.25, -0.2) is 0 Å². The highest BCUT2D eigenvalue weighted by Crippen LogP contribution is 2.53. The lowest BCUT2D eigenvalue weighted by Crippen LogP contribution is -2.62. The minimum atomic E-state index is -2.90. The number of aromatic nitrogens is 5. The van der Waals surface area contributed by atoms with Crippen molar-refractivity contribution in [2.45, 2.75) is 92.4 Å². The third kappa shape index (κ3) is 14.2. The second kappa shape index (κ2) is 33.9. The Hall–Kier alpha value is -17.4. The molecule has 15 aliphatic rings. The van der Waals surface area contributed by atoms with Crippen molar-refractivity contribution in [2.75, 3.05) is 102 Å². The smallest absolute Gasteiger partial charge is 0.245 e. The van der Waals surface area contributed by atoms with Crippen molar-refractivity contribution in [1.29, 1.82) is 0 Å². The normalized spacial score (nSPS) is 31.9. The zero-order valence-corrected chi connectivity index (χ0v) is 75.9. The van der Waals surface area contributed by atoms with Crippen LogP contribution < -0.4 is 47.4 Å². The van der Waals surface area contributed by atoms with Crippen LogP contribution in [0.4, 0.5) is 0 Å². The summed E-state index contributed by atoms with van der Waals surface area (Å²) in [5.41, 5.74) is 2.69. The lowest BCUT2D eigenvalue weighted by atomic mass is 9.86. The van der Waals surface area contributed by atoms with Gasteiger partial charge < -0.3 is 121 Å². The number of carbonyl (C=O) groups is 10. The van der Waals surface area contributed by atoms with Gasteiger partial charge in [-0.3, -0.25) is 47.9 Å². The average molecular weight is 1990 g/mol. The molecule has 5 fully saturated rings. The van der Waals surface area contributed by atoms with Gasteiger partial charge in [0, 0.05) is 150 Å². The molecule has 35 heteroatoms. The second-order valence-electron chi connectivity index (χ2n) is 35.0. The van der Waals surface area contributed by atoms with Crippen molar-refractivity contribution >= 4 is 114 Å². The van der Waals surface area contributed by atoms with Crippen LogP contribution in [0.15, 0.2) is 212 Å². The molecule has 5 aromatic heterocycles. The Kier molecular flexibility index (Phi) is 13.2. The van der Waals surface area contributed by atoms with Crippen LogP contribution in [0.3, 0.4) is 0 Å². The van der Waals surface area contributed by atoms with Crippen LogP contribution in [0.5, 0.6) is 57.5 Å². The van der Waals surface area contributed by atoms with E-state index in [9.17, 15) is 54.8 Å². The molecule has 15 aliphatic heterocycles. The molecule has 0 bridgehead atoms. The molecular formula is C110H95N15O20. The number of aromatic amines is 5. The first-order chi connectivity index (χ1) is 85.4. The third-order valence-electron chi connectivity index (χ3n) is 27.0. The van der Waals surface area contributed by atoms with Crippen molar-refractivity contribution in [2.24, 2.45) is 0 Å². The van der Waals surface area contributed by atoms with Crippen molar-refractivity contribution in [1.82, 2.24) is 73.9 Å². The van der Waals surface area contributed by atoms with E-state index in [1.807, 2.05) is 24.3 Å². The Morgan fingerprint density at radius 3 is 0.855 bits per heavy atom. The summed E-state index contributed by atoms with van der Waals surface area (Å²) in [5, 5.41) is 2.19. The molecular weight excluding hydrogens is 1850 g/mol. The molecule has 10 atom stereocenters. The van der Waals surface area contributed by atoms with Gasteiger partial charge in [0.05, 0.1) is 106 Å². The van der Waals surface area contributed by atoms with E-state index in [1.54, 1.807) is 48.5 Å². The number of fused-ring (bicyclic) bond motifs is 25. The molecule has 10 amide bonds. The summed E-state index contributed by atoms with van der Waals surface area (Å²) in [6, 6.07) is 1.96. The van der Waals surface area contributed by atoms with Gasteiger partial charge in [-0.05, 0) is 146 Å². The minimum absolute atomic E-state index is 0.00758. The number of hydrogen-bond donors (Lipinski definition) is 5. The van der Waals surface area contributed by atoms with Gasteiger partial charge in [-0.15, -0.1) is 0 Å². The molecule has 5 N–H and O–H groups in total. The maximum Gasteiger partial charge on any atom is 0.245 e. The third-order valence-corrected chi connectivity index (χ3v) is 27.0. The van der Waals surface area contributed by atoms with Crippen molar-refractivity contribution < 1.29 is 147 Å². The summed E-state index contributed by atoms with van der Waals surface area (Å²) in [6.07, 6.45) is -0.466. The zero-order chi connectivity index (χ0) is 132. The number of piperazine rings is 5. The summed E-state index contributed by atoms with van der Waals surface area (Å²) in [5.74, 6) is -11.2. The number of rotatable bonds is 5. The molecule has 0 aliphatic carbocycles. The summed E-state index contributed by atoms with van der Waals surface area (Å²) in [7, 11) is 5.83. The number of para-hydroxylation sites is 5. The molecule has 35 nitrogen and oxygen atoms in total. The fraction of sp³-hybridized carbons (Fsp3) is 0.273. The largest absolute Gasteiger partial charge is 0.454 e. The Morgan fingerprint density at radius 1 is 0.269 bits per heavy atom. The molecule has 0 radical (unpaired) electrons. The van der Waals surface area contributed by atoms with Gasteiger partial charge in [0.1, 0.15) is 38.4 Å². The fourth-order valence-electron chi connectivity index (χ4n) is 20.6. The van der Waals surface area contributed by atoms with E-state index < -0.39 is 291 Å². The number of amides is 10. The number of hydrogen-bond acceptors (Lipinski definition) is 20. The van der Waals surface area contributed by atoms with Crippen LogP contribution in [0.1, 0.15) is 166 Å². The summed E-state index contributed by atoms with van der Waals surface area (Å²) in [6.45, 7) is -22.1. The standard InChI is InChI=1S/5C22H19N3O4/c5*1-24-10-19(26)25-16(22(24)27)9-14-13-4-2-3-5-15(13)23-20(14)21(25)12-6-7-17-18(8-12)29-11-28-17/h5*2-8,16,21,23H,9-11H2,1H3/t5*16-,21-/m11111/s1/i2D,3D,4D,5D,6D,7D,8D,10D2,21D;2D,3D,4D,5D,10D2,11D2,21D;6D,7D,8D,10D2,11D2,21D;6D,7D,8D,10D2,21D;10D2,11D2,21D. The number of nitrogens with zero attached hydrogens (tertiary/aromatic N) is 10. The molecule has 5 saturated heterocycles. The van der Waals surface area contributed by atoms with E-state index in [1.165, 1.54) is 50.5 Å². The summed E-state index contributed by atoms with van der Waals surface area (Å²) >= 11 is 0. The van der Waals surface area contributed by atoms with E-state index >= 15 is 0 Å². The van der Waals surface area contributed by atoms with Crippen molar-refractivity contribution in [3.63, 3.8) is 0 Å². The first-order valence-electron chi connectivity index (χ1n) is 63.9. The Balaban J connectivity index is 0.000000110. The Morgan fingerprint density at radius 2 is 0.524 bits per heavy atom. The molecule has 0 spiro atoms. The van der Waals surface area contributed by atoms with Crippen LogP contribution in [0.2, 0.25) is 0 Å². The van der Waals surface area contributed by atoms with Crippen LogP contribution in [0.25, 0.3) is 54.5 Å². The van der Waals surface area contributed by atoms with Crippen LogP contribution in [-0.4, -0.2) is 265 Å². The first-order valence-corrected chi connectivity index (χ1v) is 44.9. The van der Waals surface area contributed by atoms with Crippen LogP contribution in [0, 0.1) is 0 Å². The highest BCUT2D eigenvalue weighted by atomic mass is 16.7. The quantitative estimate of drug-likeness (QED) is 0.107.